The summed E-state index contributed by atoms with van der Waals surface area (Å²) in [6.45, 7) is 3.31. The van der Waals surface area contributed by atoms with Crippen molar-refractivity contribution in [1.82, 2.24) is 20.2 Å². The van der Waals surface area contributed by atoms with Crippen LogP contribution < -0.4 is 15.4 Å². The van der Waals surface area contributed by atoms with Crippen molar-refractivity contribution in [3.05, 3.63) is 17.8 Å². The summed E-state index contributed by atoms with van der Waals surface area (Å²) >= 11 is 0. The molecule has 0 aliphatic rings. The van der Waals surface area contributed by atoms with Gasteiger partial charge in [0.1, 0.15) is 5.82 Å². The molecule has 0 aliphatic heterocycles. The largest absolute Gasteiger partial charge is 0.369 e. The van der Waals surface area contributed by atoms with E-state index in [1.165, 1.54) is 0 Å². The second-order valence-electron chi connectivity index (χ2n) is 4.11. The number of nitrogens with one attached hydrogen (secondary N) is 3. The summed E-state index contributed by atoms with van der Waals surface area (Å²) < 4.78 is 24.0. The van der Waals surface area contributed by atoms with Crippen molar-refractivity contribution in [2.75, 3.05) is 31.2 Å². The second kappa shape index (κ2) is 7.75. The summed E-state index contributed by atoms with van der Waals surface area (Å²) in [6.07, 6.45) is 1.59. The lowest BCUT2D eigenvalue weighted by Crippen LogP contribution is -2.29. The summed E-state index contributed by atoms with van der Waals surface area (Å²) in [4.78, 5) is 11.7. The predicted molar refractivity (Wildman–Crippen MR) is 76.0 cm³/mol. The van der Waals surface area contributed by atoms with Crippen molar-refractivity contribution in [3.8, 4) is 0 Å². The molecule has 0 aliphatic carbocycles. The molecule has 0 saturated carbocycles. The molecule has 0 spiro atoms. The van der Waals surface area contributed by atoms with Crippen molar-refractivity contribution in [2.45, 2.75) is 13.3 Å². The van der Waals surface area contributed by atoms with E-state index in [0.717, 1.165) is 12.8 Å². The lowest BCUT2D eigenvalue weighted by molar-refractivity contribution is 0.0947. The van der Waals surface area contributed by atoms with Crippen LogP contribution in [0.15, 0.2) is 12.1 Å². The van der Waals surface area contributed by atoms with Crippen LogP contribution in [0, 0.1) is 0 Å². The molecule has 0 fully saturated rings. The number of anilines is 1. The minimum absolute atomic E-state index is 0.225. The first-order chi connectivity index (χ1) is 9.42. The SMILES string of the molecule is CCNc1ccc(C(=O)NCCCNS(C)(=O)=O)nn1. The fraction of sp³-hybridized carbons (Fsp3) is 0.545. The van der Waals surface area contributed by atoms with E-state index in [1.807, 2.05) is 6.92 Å². The van der Waals surface area contributed by atoms with E-state index in [0.29, 0.717) is 18.8 Å². The van der Waals surface area contributed by atoms with Crippen molar-refractivity contribution < 1.29 is 13.2 Å². The van der Waals surface area contributed by atoms with Gasteiger partial charge in [-0.2, -0.15) is 0 Å². The predicted octanol–water partition coefficient (Wildman–Crippen LogP) is -0.422. The van der Waals surface area contributed by atoms with Crippen LogP contribution in [-0.4, -0.2) is 50.4 Å². The molecule has 1 aromatic heterocycles. The molecule has 1 rings (SSSR count). The number of aromatic nitrogens is 2. The Morgan fingerprint density at radius 3 is 2.55 bits per heavy atom. The maximum absolute atomic E-state index is 11.7. The third-order valence-corrected chi connectivity index (χ3v) is 2.99. The van der Waals surface area contributed by atoms with Gasteiger partial charge in [0.25, 0.3) is 5.91 Å². The van der Waals surface area contributed by atoms with Gasteiger partial charge in [-0.05, 0) is 25.5 Å². The molecule has 1 amide bonds. The van der Waals surface area contributed by atoms with E-state index in [1.54, 1.807) is 12.1 Å². The Kier molecular flexibility index (Phi) is 6.32. The third-order valence-electron chi connectivity index (χ3n) is 2.26. The molecule has 1 aromatic rings. The Morgan fingerprint density at radius 2 is 2.00 bits per heavy atom. The number of nitrogens with zero attached hydrogens (tertiary/aromatic N) is 2. The standard InChI is InChI=1S/C11H19N5O3S/c1-3-12-10-6-5-9(15-16-10)11(17)13-7-4-8-14-20(2,18)19/h5-6,14H,3-4,7-8H2,1-2H3,(H,12,16)(H,13,17). The lowest BCUT2D eigenvalue weighted by Gasteiger charge is -2.05. The van der Waals surface area contributed by atoms with Gasteiger partial charge >= 0.3 is 0 Å². The third kappa shape index (κ3) is 6.43. The van der Waals surface area contributed by atoms with Crippen LogP contribution in [0.25, 0.3) is 0 Å². The van der Waals surface area contributed by atoms with Crippen LogP contribution in [0.4, 0.5) is 5.82 Å². The van der Waals surface area contributed by atoms with E-state index in [2.05, 4.69) is 25.6 Å². The van der Waals surface area contributed by atoms with Gasteiger partial charge in [0.05, 0.1) is 6.26 Å². The summed E-state index contributed by atoms with van der Waals surface area (Å²) in [7, 11) is -3.18. The topological polar surface area (TPSA) is 113 Å². The van der Waals surface area contributed by atoms with Gasteiger partial charge in [0.15, 0.2) is 5.69 Å². The van der Waals surface area contributed by atoms with Crippen molar-refractivity contribution >= 4 is 21.7 Å². The number of carbonyl (C=O) groups excluding carboxylic acids is 1. The first-order valence-corrected chi connectivity index (χ1v) is 8.12. The average Bonchev–Trinajstić information content (AvgIpc) is 2.38. The van der Waals surface area contributed by atoms with Crippen LogP contribution >= 0.6 is 0 Å². The molecular weight excluding hydrogens is 282 g/mol. The van der Waals surface area contributed by atoms with Crippen LogP contribution in [0.2, 0.25) is 0 Å². The molecule has 0 atom stereocenters. The van der Waals surface area contributed by atoms with Gasteiger partial charge in [-0.3, -0.25) is 4.79 Å². The van der Waals surface area contributed by atoms with Crippen LogP contribution in [0.3, 0.4) is 0 Å². The Morgan fingerprint density at radius 1 is 1.25 bits per heavy atom. The number of rotatable bonds is 8. The number of hydrogen-bond donors (Lipinski definition) is 3. The Hall–Kier alpha value is -1.74. The summed E-state index contributed by atoms with van der Waals surface area (Å²) in [5.41, 5.74) is 0.225. The number of hydrogen-bond acceptors (Lipinski definition) is 6. The zero-order valence-corrected chi connectivity index (χ0v) is 12.3. The first kappa shape index (κ1) is 16.3. The first-order valence-electron chi connectivity index (χ1n) is 6.23. The molecule has 0 bridgehead atoms. The van der Waals surface area contributed by atoms with E-state index in [-0.39, 0.29) is 18.1 Å². The summed E-state index contributed by atoms with van der Waals surface area (Å²) in [5, 5.41) is 13.3. The lowest BCUT2D eigenvalue weighted by atomic mass is 10.3. The molecular formula is C11H19N5O3S. The fourth-order valence-corrected chi connectivity index (χ4v) is 1.88. The molecule has 0 unspecified atom stereocenters. The molecule has 0 radical (unpaired) electrons. The van der Waals surface area contributed by atoms with Gasteiger partial charge in [-0.1, -0.05) is 0 Å². The van der Waals surface area contributed by atoms with E-state index < -0.39 is 10.0 Å². The quantitative estimate of drug-likeness (QED) is 0.562. The minimum atomic E-state index is -3.18. The number of carbonyl (C=O) groups is 1. The van der Waals surface area contributed by atoms with Crippen LogP contribution in [0.1, 0.15) is 23.8 Å². The number of amides is 1. The Balaban J connectivity index is 2.32. The molecule has 0 saturated heterocycles. The summed E-state index contributed by atoms with van der Waals surface area (Å²) in [6, 6.07) is 3.26. The summed E-state index contributed by atoms with van der Waals surface area (Å²) in [5.74, 6) is 0.279. The highest BCUT2D eigenvalue weighted by Gasteiger charge is 2.07. The van der Waals surface area contributed by atoms with E-state index in [9.17, 15) is 13.2 Å². The highest BCUT2D eigenvalue weighted by Crippen LogP contribution is 2.01. The number of sulfonamides is 1. The molecule has 3 N–H and O–H groups in total. The average molecular weight is 301 g/mol. The monoisotopic (exact) mass is 301 g/mol. The fourth-order valence-electron chi connectivity index (χ4n) is 1.37. The van der Waals surface area contributed by atoms with Crippen molar-refractivity contribution in [1.29, 1.82) is 0 Å². The minimum Gasteiger partial charge on any atom is -0.369 e. The molecule has 9 heteroatoms. The van der Waals surface area contributed by atoms with Crippen molar-refractivity contribution in [2.24, 2.45) is 0 Å². The molecule has 112 valence electrons. The van der Waals surface area contributed by atoms with Crippen molar-refractivity contribution in [3.63, 3.8) is 0 Å². The van der Waals surface area contributed by atoms with Gasteiger partial charge < -0.3 is 10.6 Å². The van der Waals surface area contributed by atoms with E-state index in [4.69, 9.17) is 0 Å². The van der Waals surface area contributed by atoms with Crippen LogP contribution in [0.5, 0.6) is 0 Å². The van der Waals surface area contributed by atoms with Gasteiger partial charge in [-0.25, -0.2) is 13.1 Å². The Bertz CT molecular complexity index is 529. The Labute approximate surface area is 118 Å². The van der Waals surface area contributed by atoms with Crippen LogP contribution in [-0.2, 0) is 10.0 Å². The highest BCUT2D eigenvalue weighted by atomic mass is 32.2. The van der Waals surface area contributed by atoms with Gasteiger partial charge in [-0.15, -0.1) is 10.2 Å². The maximum Gasteiger partial charge on any atom is 0.271 e. The smallest absolute Gasteiger partial charge is 0.271 e. The zero-order valence-electron chi connectivity index (χ0n) is 11.5. The molecule has 0 aromatic carbocycles. The van der Waals surface area contributed by atoms with Gasteiger partial charge in [0.2, 0.25) is 10.0 Å². The second-order valence-corrected chi connectivity index (χ2v) is 5.94. The maximum atomic E-state index is 11.7. The highest BCUT2D eigenvalue weighted by molar-refractivity contribution is 7.88. The molecule has 8 nitrogen and oxygen atoms in total. The molecule has 1 heterocycles. The molecule has 20 heavy (non-hydrogen) atoms. The normalized spacial score (nSPS) is 11.1. The van der Waals surface area contributed by atoms with Gasteiger partial charge in [0, 0.05) is 19.6 Å². The zero-order chi connectivity index (χ0) is 15.0. The van der Waals surface area contributed by atoms with E-state index >= 15 is 0 Å².